The van der Waals surface area contributed by atoms with E-state index >= 15 is 0 Å². The number of aliphatic hydroxyl groups excluding tert-OH is 2. The molecular formula is C33H33N3O8. The number of nitrogens with one attached hydrogen (secondary N) is 1. The standard InChI is InChI=1S/C33H33N3O8/c1-42-21-12-10-19(11-13-21)18-43-33(41)35-34-26-17-27(37)30(38)28-24(26)14-15-25-29(28)32(40)36(31(25)39)20-6-5-9-23(16-20)44-22-7-3-2-4-8-22/h2-13,16,24-25,27-30,37-38H,14-15,17-18H2,1H3,(H,35,41)/b34-26+/t24-,25-,27-,28+,29-,30-/m1/s1. The Labute approximate surface area is 254 Å². The fourth-order valence-electron chi connectivity index (χ4n) is 6.58. The van der Waals surface area contributed by atoms with E-state index in [4.69, 9.17) is 14.2 Å². The van der Waals surface area contributed by atoms with Gasteiger partial charge >= 0.3 is 6.09 Å². The fourth-order valence-corrected chi connectivity index (χ4v) is 6.58. The Bertz CT molecular complexity index is 1560. The van der Waals surface area contributed by atoms with E-state index in [1.165, 1.54) is 0 Å². The van der Waals surface area contributed by atoms with Gasteiger partial charge in [-0.25, -0.2) is 15.1 Å². The first kappa shape index (κ1) is 29.3. The lowest BCUT2D eigenvalue weighted by atomic mass is 9.60. The second-order valence-corrected chi connectivity index (χ2v) is 11.2. The number of amides is 3. The van der Waals surface area contributed by atoms with Crippen molar-refractivity contribution in [2.24, 2.45) is 28.8 Å². The van der Waals surface area contributed by atoms with Gasteiger partial charge in [0.25, 0.3) is 0 Å². The Hall–Kier alpha value is -4.74. The quantitative estimate of drug-likeness (QED) is 0.273. The maximum absolute atomic E-state index is 13.9. The van der Waals surface area contributed by atoms with E-state index in [1.807, 2.05) is 18.2 Å². The SMILES string of the molecule is COc1ccc(COC(=O)N/N=C2\C[C@@H](O)[C@@H](O)[C@@H]3[C@@H]4C(=O)N(c5cccc(Oc6ccccc6)c5)C(=O)[C@@H]4CC[C@H]23)cc1. The molecule has 11 heteroatoms. The van der Waals surface area contributed by atoms with Crippen molar-refractivity contribution >= 4 is 29.3 Å². The lowest BCUT2D eigenvalue weighted by Crippen LogP contribution is -2.55. The lowest BCUT2D eigenvalue weighted by Gasteiger charge is -2.45. The van der Waals surface area contributed by atoms with Gasteiger partial charge in [0, 0.05) is 30.0 Å². The van der Waals surface area contributed by atoms with E-state index in [0.717, 1.165) is 10.5 Å². The van der Waals surface area contributed by atoms with E-state index in [-0.39, 0.29) is 18.9 Å². The average molecular weight is 600 g/mol. The molecule has 3 amide bonds. The van der Waals surface area contributed by atoms with Crippen molar-refractivity contribution in [3.05, 3.63) is 84.4 Å². The van der Waals surface area contributed by atoms with Crippen molar-refractivity contribution in [1.29, 1.82) is 0 Å². The first-order valence-corrected chi connectivity index (χ1v) is 14.5. The third-order valence-electron chi connectivity index (χ3n) is 8.65. The highest BCUT2D eigenvalue weighted by molar-refractivity contribution is 6.22. The number of nitrogens with zero attached hydrogens (tertiary/aromatic N) is 2. The number of carbonyl (C=O) groups excluding carboxylic acids is 3. The van der Waals surface area contributed by atoms with Crippen LogP contribution in [0.3, 0.4) is 0 Å². The van der Waals surface area contributed by atoms with Gasteiger partial charge in [0.2, 0.25) is 11.8 Å². The highest BCUT2D eigenvalue weighted by Crippen LogP contribution is 2.50. The number of hydrogen-bond donors (Lipinski definition) is 3. The van der Waals surface area contributed by atoms with E-state index in [1.54, 1.807) is 67.8 Å². The first-order valence-electron chi connectivity index (χ1n) is 14.5. The zero-order valence-electron chi connectivity index (χ0n) is 24.0. The fraction of sp³-hybridized carbons (Fsp3) is 0.333. The third-order valence-corrected chi connectivity index (χ3v) is 8.65. The number of hydrazone groups is 1. The smallest absolute Gasteiger partial charge is 0.428 e. The number of benzene rings is 3. The normalized spacial score (nSPS) is 27.0. The molecule has 0 bridgehead atoms. The van der Waals surface area contributed by atoms with Crippen molar-refractivity contribution in [1.82, 2.24) is 5.43 Å². The second-order valence-electron chi connectivity index (χ2n) is 11.2. The molecular weight excluding hydrogens is 566 g/mol. The molecule has 2 saturated carbocycles. The highest BCUT2D eigenvalue weighted by Gasteiger charge is 2.60. The number of fused-ring (bicyclic) bond motifs is 3. The Balaban J connectivity index is 1.17. The molecule has 1 heterocycles. The molecule has 0 aromatic heterocycles. The molecule has 44 heavy (non-hydrogen) atoms. The summed E-state index contributed by atoms with van der Waals surface area (Å²) in [7, 11) is 1.56. The minimum Gasteiger partial charge on any atom is -0.497 e. The van der Waals surface area contributed by atoms with Crippen LogP contribution in [0.2, 0.25) is 0 Å². The van der Waals surface area contributed by atoms with Crippen molar-refractivity contribution in [3.8, 4) is 17.2 Å². The number of anilines is 1. The second kappa shape index (κ2) is 12.5. The minimum atomic E-state index is -1.24. The van der Waals surface area contributed by atoms with Crippen LogP contribution in [0.5, 0.6) is 17.2 Å². The zero-order chi connectivity index (χ0) is 30.8. The number of aliphatic hydroxyl groups is 2. The van der Waals surface area contributed by atoms with Crippen molar-refractivity contribution < 1.29 is 38.8 Å². The molecule has 0 unspecified atom stereocenters. The van der Waals surface area contributed by atoms with Gasteiger partial charge in [-0.05, 0) is 54.8 Å². The molecule has 0 radical (unpaired) electrons. The highest BCUT2D eigenvalue weighted by atomic mass is 16.6. The number of para-hydroxylation sites is 1. The number of rotatable bonds is 7. The summed E-state index contributed by atoms with van der Waals surface area (Å²) in [6.45, 7) is 0.0157. The van der Waals surface area contributed by atoms with Gasteiger partial charge in [-0.3, -0.25) is 9.59 Å². The zero-order valence-corrected chi connectivity index (χ0v) is 24.0. The predicted octanol–water partition coefficient (Wildman–Crippen LogP) is 4.03. The average Bonchev–Trinajstić information content (AvgIpc) is 3.30. The van der Waals surface area contributed by atoms with Crippen molar-refractivity contribution in [3.63, 3.8) is 0 Å². The number of hydrogen-bond acceptors (Lipinski definition) is 9. The molecule has 1 saturated heterocycles. The van der Waals surface area contributed by atoms with Crippen LogP contribution in [0.4, 0.5) is 10.5 Å². The molecule has 3 aromatic carbocycles. The topological polar surface area (TPSA) is 147 Å². The van der Waals surface area contributed by atoms with Crippen LogP contribution in [-0.4, -0.2) is 53.2 Å². The summed E-state index contributed by atoms with van der Waals surface area (Å²) in [6, 6.07) is 23.0. The first-order chi connectivity index (χ1) is 21.3. The van der Waals surface area contributed by atoms with Crippen LogP contribution in [0.1, 0.15) is 24.8 Å². The number of ether oxygens (including phenoxy) is 3. The lowest BCUT2D eigenvalue weighted by molar-refractivity contribution is -0.132. The molecule has 3 aliphatic rings. The van der Waals surface area contributed by atoms with Gasteiger partial charge in [0.05, 0.1) is 36.8 Å². The van der Waals surface area contributed by atoms with Crippen LogP contribution in [0.15, 0.2) is 84.0 Å². The Morgan fingerprint density at radius 1 is 0.909 bits per heavy atom. The molecule has 11 nitrogen and oxygen atoms in total. The molecule has 6 rings (SSSR count). The molecule has 0 spiro atoms. The van der Waals surface area contributed by atoms with E-state index < -0.39 is 47.9 Å². The third kappa shape index (κ3) is 5.76. The Kier molecular flexibility index (Phi) is 8.32. The molecule has 3 N–H and O–H groups in total. The number of carbonyl (C=O) groups is 3. The summed E-state index contributed by atoms with van der Waals surface area (Å²) in [5.41, 5.74) is 3.97. The van der Waals surface area contributed by atoms with Crippen LogP contribution < -0.4 is 19.8 Å². The van der Waals surface area contributed by atoms with Crippen molar-refractivity contribution in [2.45, 2.75) is 38.1 Å². The molecule has 2 aliphatic carbocycles. The maximum Gasteiger partial charge on any atom is 0.428 e. The maximum atomic E-state index is 13.9. The number of imide groups is 1. The molecule has 3 aromatic rings. The monoisotopic (exact) mass is 599 g/mol. The molecule has 3 fully saturated rings. The largest absolute Gasteiger partial charge is 0.497 e. The summed E-state index contributed by atoms with van der Waals surface area (Å²) < 4.78 is 16.3. The number of methoxy groups -OCH3 is 1. The van der Waals surface area contributed by atoms with Crippen LogP contribution in [-0.2, 0) is 20.9 Å². The van der Waals surface area contributed by atoms with Gasteiger partial charge in [-0.2, -0.15) is 5.10 Å². The molecule has 6 atom stereocenters. The van der Waals surface area contributed by atoms with Crippen LogP contribution in [0.25, 0.3) is 0 Å². The van der Waals surface area contributed by atoms with Crippen LogP contribution in [0, 0.1) is 23.7 Å². The summed E-state index contributed by atoms with van der Waals surface area (Å²) in [5.74, 6) is -1.68. The Morgan fingerprint density at radius 2 is 1.64 bits per heavy atom. The summed E-state index contributed by atoms with van der Waals surface area (Å²) >= 11 is 0. The van der Waals surface area contributed by atoms with Crippen molar-refractivity contribution in [2.75, 3.05) is 12.0 Å². The molecule has 1 aliphatic heterocycles. The summed E-state index contributed by atoms with van der Waals surface area (Å²) in [4.78, 5) is 41.1. The minimum absolute atomic E-state index is 0.0157. The van der Waals surface area contributed by atoms with Crippen LogP contribution >= 0.6 is 0 Å². The van der Waals surface area contributed by atoms with Gasteiger partial charge in [-0.1, -0.05) is 36.4 Å². The van der Waals surface area contributed by atoms with Gasteiger partial charge in [0.15, 0.2) is 0 Å². The predicted molar refractivity (Wildman–Crippen MR) is 159 cm³/mol. The Morgan fingerprint density at radius 3 is 2.39 bits per heavy atom. The van der Waals surface area contributed by atoms with Gasteiger partial charge < -0.3 is 24.4 Å². The van der Waals surface area contributed by atoms with E-state index in [9.17, 15) is 24.6 Å². The van der Waals surface area contributed by atoms with Gasteiger partial charge in [0.1, 0.15) is 23.9 Å². The van der Waals surface area contributed by atoms with E-state index in [0.29, 0.717) is 41.5 Å². The van der Waals surface area contributed by atoms with Gasteiger partial charge in [-0.15, -0.1) is 0 Å². The summed E-state index contributed by atoms with van der Waals surface area (Å²) in [6.07, 6.45) is -2.36. The molecule has 228 valence electrons. The summed E-state index contributed by atoms with van der Waals surface area (Å²) in [5, 5.41) is 26.1. The van der Waals surface area contributed by atoms with E-state index in [2.05, 4.69) is 10.5 Å².